The molecule has 1 aliphatic heterocycles. The Morgan fingerprint density at radius 1 is 1.07 bits per heavy atom. The molecule has 15 heavy (non-hydrogen) atoms. The number of nitrogens with zero attached hydrogens (tertiary/aromatic N) is 1. The van der Waals surface area contributed by atoms with Crippen LogP contribution >= 0.6 is 0 Å². The topological polar surface area (TPSA) is 37.4 Å². The molecule has 1 rings (SSSR count). The summed E-state index contributed by atoms with van der Waals surface area (Å²) in [5.41, 5.74) is 0.162. The Balaban J connectivity index is 2.64. The molecule has 1 heterocycles. The lowest BCUT2D eigenvalue weighted by molar-refractivity contribution is -0.140. The van der Waals surface area contributed by atoms with Gasteiger partial charge >= 0.3 is 0 Å². The normalized spacial score (nSPS) is 27.7. The fourth-order valence-corrected chi connectivity index (χ4v) is 1.70. The van der Waals surface area contributed by atoms with E-state index >= 15 is 0 Å². The third-order valence-electron chi connectivity index (χ3n) is 3.15. The second kappa shape index (κ2) is 3.95. The molecule has 2 atom stereocenters. The van der Waals surface area contributed by atoms with E-state index in [1.165, 1.54) is 4.90 Å². The molecule has 3 heteroatoms. The SMILES string of the molecule is C[C@H]1C(=O)N(CCC(C)(C)C)C(=O)[C@@H]1C. The van der Waals surface area contributed by atoms with Crippen molar-refractivity contribution in [3.05, 3.63) is 0 Å². The summed E-state index contributed by atoms with van der Waals surface area (Å²) in [5.74, 6) is -0.288. The van der Waals surface area contributed by atoms with Crippen molar-refractivity contribution in [1.29, 1.82) is 0 Å². The first-order chi connectivity index (χ1) is 6.74. The molecule has 3 nitrogen and oxygen atoms in total. The quantitative estimate of drug-likeness (QED) is 0.656. The first-order valence-electron chi connectivity index (χ1n) is 5.59. The molecule has 0 aromatic carbocycles. The Bertz CT molecular complexity index is 258. The summed E-state index contributed by atoms with van der Waals surface area (Å²) in [6.07, 6.45) is 0.865. The van der Waals surface area contributed by atoms with Gasteiger partial charge in [-0.1, -0.05) is 34.6 Å². The minimum atomic E-state index is -0.141. The highest BCUT2D eigenvalue weighted by Crippen LogP contribution is 2.27. The number of hydrogen-bond donors (Lipinski definition) is 0. The maximum absolute atomic E-state index is 11.7. The van der Waals surface area contributed by atoms with Gasteiger partial charge in [0.05, 0.1) is 0 Å². The van der Waals surface area contributed by atoms with Gasteiger partial charge in [0, 0.05) is 18.4 Å². The molecule has 2 amide bonds. The predicted molar refractivity (Wildman–Crippen MR) is 59.1 cm³/mol. The first kappa shape index (κ1) is 12.2. The molecule has 0 spiro atoms. The fraction of sp³-hybridized carbons (Fsp3) is 0.833. The summed E-state index contributed by atoms with van der Waals surface area (Å²) in [6, 6.07) is 0. The molecule has 0 aromatic rings. The molecule has 1 fully saturated rings. The standard InChI is InChI=1S/C12H21NO2/c1-8-9(2)11(15)13(10(8)14)7-6-12(3,4)5/h8-9H,6-7H2,1-5H3/t8-,9-/m1/s1. The minimum Gasteiger partial charge on any atom is -0.282 e. The van der Waals surface area contributed by atoms with Crippen LogP contribution in [0.2, 0.25) is 0 Å². The largest absolute Gasteiger partial charge is 0.282 e. The molecule has 0 bridgehead atoms. The van der Waals surface area contributed by atoms with Crippen LogP contribution in [0.4, 0.5) is 0 Å². The van der Waals surface area contributed by atoms with Crippen molar-refractivity contribution >= 4 is 11.8 Å². The van der Waals surface area contributed by atoms with E-state index in [9.17, 15) is 9.59 Å². The van der Waals surface area contributed by atoms with Gasteiger partial charge < -0.3 is 0 Å². The van der Waals surface area contributed by atoms with Crippen molar-refractivity contribution in [2.24, 2.45) is 17.3 Å². The van der Waals surface area contributed by atoms with Gasteiger partial charge in [0.2, 0.25) is 11.8 Å². The molecule has 0 radical (unpaired) electrons. The number of hydrogen-bond acceptors (Lipinski definition) is 2. The average molecular weight is 211 g/mol. The van der Waals surface area contributed by atoms with E-state index in [0.717, 1.165) is 6.42 Å². The second-order valence-electron chi connectivity index (χ2n) is 5.72. The van der Waals surface area contributed by atoms with Crippen molar-refractivity contribution in [1.82, 2.24) is 4.90 Å². The zero-order chi connectivity index (χ0) is 11.8. The lowest BCUT2D eigenvalue weighted by atomic mass is 9.92. The van der Waals surface area contributed by atoms with Gasteiger partial charge in [-0.2, -0.15) is 0 Å². The maximum atomic E-state index is 11.7. The average Bonchev–Trinajstić information content (AvgIpc) is 2.28. The highest BCUT2D eigenvalue weighted by Gasteiger charge is 2.41. The molecule has 0 N–H and O–H groups in total. The van der Waals surface area contributed by atoms with E-state index in [-0.39, 0.29) is 29.1 Å². The summed E-state index contributed by atoms with van der Waals surface area (Å²) < 4.78 is 0. The van der Waals surface area contributed by atoms with Crippen molar-refractivity contribution in [2.45, 2.75) is 41.0 Å². The molecule has 1 saturated heterocycles. The number of carbonyl (C=O) groups excluding carboxylic acids is 2. The van der Waals surface area contributed by atoms with E-state index < -0.39 is 0 Å². The van der Waals surface area contributed by atoms with E-state index in [4.69, 9.17) is 0 Å². The summed E-state index contributed by atoms with van der Waals surface area (Å²) in [7, 11) is 0. The maximum Gasteiger partial charge on any atom is 0.232 e. The van der Waals surface area contributed by atoms with Crippen LogP contribution in [-0.2, 0) is 9.59 Å². The lowest BCUT2D eigenvalue weighted by Gasteiger charge is -2.22. The van der Waals surface area contributed by atoms with Crippen LogP contribution in [0.25, 0.3) is 0 Å². The predicted octanol–water partition coefficient (Wildman–Crippen LogP) is 2.06. The van der Waals surface area contributed by atoms with Crippen molar-refractivity contribution in [3.63, 3.8) is 0 Å². The number of carbonyl (C=O) groups is 2. The van der Waals surface area contributed by atoms with Crippen LogP contribution < -0.4 is 0 Å². The van der Waals surface area contributed by atoms with Crippen molar-refractivity contribution in [2.75, 3.05) is 6.54 Å². The van der Waals surface area contributed by atoms with Gasteiger partial charge in [-0.15, -0.1) is 0 Å². The molecule has 0 aromatic heterocycles. The van der Waals surface area contributed by atoms with Crippen LogP contribution in [0, 0.1) is 17.3 Å². The Morgan fingerprint density at radius 2 is 1.47 bits per heavy atom. The van der Waals surface area contributed by atoms with Crippen molar-refractivity contribution < 1.29 is 9.59 Å². The molecule has 0 saturated carbocycles. The Labute approximate surface area is 91.8 Å². The van der Waals surface area contributed by atoms with Crippen molar-refractivity contribution in [3.8, 4) is 0 Å². The molecular weight excluding hydrogens is 190 g/mol. The van der Waals surface area contributed by atoms with Gasteiger partial charge in [-0.25, -0.2) is 0 Å². The first-order valence-corrected chi connectivity index (χ1v) is 5.59. The molecule has 0 aliphatic carbocycles. The molecule has 1 aliphatic rings. The number of rotatable bonds is 2. The molecule has 86 valence electrons. The smallest absolute Gasteiger partial charge is 0.232 e. The third kappa shape index (κ3) is 2.58. The third-order valence-corrected chi connectivity index (χ3v) is 3.15. The van der Waals surface area contributed by atoms with Crippen LogP contribution in [0.1, 0.15) is 41.0 Å². The summed E-state index contributed by atoms with van der Waals surface area (Å²) in [6.45, 7) is 10.6. The highest BCUT2D eigenvalue weighted by molar-refractivity contribution is 6.04. The number of imide groups is 1. The number of likely N-dealkylation sites (tertiary alicyclic amines) is 1. The van der Waals surface area contributed by atoms with E-state index in [1.807, 2.05) is 13.8 Å². The Kier molecular flexibility index (Phi) is 3.22. The van der Waals surface area contributed by atoms with E-state index in [2.05, 4.69) is 20.8 Å². The lowest BCUT2D eigenvalue weighted by Crippen LogP contribution is -2.33. The van der Waals surface area contributed by atoms with E-state index in [1.54, 1.807) is 0 Å². The van der Waals surface area contributed by atoms with E-state index in [0.29, 0.717) is 6.54 Å². The minimum absolute atomic E-state index is 0.00301. The Morgan fingerprint density at radius 3 is 1.80 bits per heavy atom. The van der Waals surface area contributed by atoms with Crippen LogP contribution in [0.15, 0.2) is 0 Å². The highest BCUT2D eigenvalue weighted by atomic mass is 16.2. The zero-order valence-corrected chi connectivity index (χ0v) is 10.3. The monoisotopic (exact) mass is 211 g/mol. The van der Waals surface area contributed by atoms with Gasteiger partial charge in [-0.05, 0) is 11.8 Å². The van der Waals surface area contributed by atoms with Crippen LogP contribution in [0.3, 0.4) is 0 Å². The van der Waals surface area contributed by atoms with Gasteiger partial charge in [-0.3, -0.25) is 14.5 Å². The second-order valence-corrected chi connectivity index (χ2v) is 5.72. The molecular formula is C12H21NO2. The number of amides is 2. The zero-order valence-electron chi connectivity index (χ0n) is 10.3. The van der Waals surface area contributed by atoms with Crippen LogP contribution in [-0.4, -0.2) is 23.3 Å². The van der Waals surface area contributed by atoms with Crippen LogP contribution in [0.5, 0.6) is 0 Å². The van der Waals surface area contributed by atoms with Gasteiger partial charge in [0.25, 0.3) is 0 Å². The molecule has 0 unspecified atom stereocenters. The fourth-order valence-electron chi connectivity index (χ4n) is 1.70. The summed E-state index contributed by atoms with van der Waals surface area (Å²) in [5, 5.41) is 0. The van der Waals surface area contributed by atoms with Gasteiger partial charge in [0.1, 0.15) is 0 Å². The summed E-state index contributed by atoms with van der Waals surface area (Å²) in [4.78, 5) is 24.9. The Hall–Kier alpha value is -0.860. The summed E-state index contributed by atoms with van der Waals surface area (Å²) >= 11 is 0. The van der Waals surface area contributed by atoms with Gasteiger partial charge in [0.15, 0.2) is 0 Å².